The van der Waals surface area contributed by atoms with Gasteiger partial charge >= 0.3 is 5.97 Å². The van der Waals surface area contributed by atoms with Crippen LogP contribution in [0, 0.1) is 13.8 Å². The number of aryl methyl sites for hydroxylation is 3. The summed E-state index contributed by atoms with van der Waals surface area (Å²) >= 11 is 0. The monoisotopic (exact) mass is 770 g/mol. The number of nitrogens with one attached hydrogen (secondary N) is 4. The van der Waals surface area contributed by atoms with Gasteiger partial charge in [0.2, 0.25) is 17.7 Å². The number of hydrogen-bond donors (Lipinski definition) is 5. The molecule has 0 spiro atoms. The highest BCUT2D eigenvalue weighted by Gasteiger charge is 2.25. The number of carbonyl (C=O) groups is 5. The van der Waals surface area contributed by atoms with Crippen molar-refractivity contribution in [2.24, 2.45) is 0 Å². The highest BCUT2D eigenvalue weighted by molar-refractivity contribution is 5.93. The van der Waals surface area contributed by atoms with E-state index in [1.165, 1.54) is 16.7 Å². The molecule has 2 bridgehead atoms. The quantitative estimate of drug-likeness (QED) is 0.150. The first-order valence-electron chi connectivity index (χ1n) is 18.8. The molecule has 2 aliphatic rings. The van der Waals surface area contributed by atoms with Gasteiger partial charge in [-0.3, -0.25) is 19.2 Å². The van der Waals surface area contributed by atoms with Crippen LogP contribution in [0.25, 0.3) is 11.1 Å². The molecule has 57 heavy (non-hydrogen) atoms. The Labute approximate surface area is 333 Å². The molecule has 0 aromatic heterocycles. The lowest BCUT2D eigenvalue weighted by atomic mass is 10.00. The minimum atomic E-state index is -1.24. The molecule has 296 valence electrons. The predicted molar refractivity (Wildman–Crippen MR) is 220 cm³/mol. The lowest BCUT2D eigenvalue weighted by Crippen LogP contribution is -2.53. The van der Waals surface area contributed by atoms with Gasteiger partial charge in [0.05, 0.1) is 13.1 Å². The molecule has 2 aliphatic heterocycles. The molecule has 7 rings (SSSR count). The summed E-state index contributed by atoms with van der Waals surface area (Å²) in [5.74, 6) is -3.37. The second-order valence-corrected chi connectivity index (χ2v) is 13.5. The number of fused-ring (bicyclic) bond motifs is 16. The number of carbonyl (C=O) groups excluding carboxylic acids is 4. The zero-order valence-electron chi connectivity index (χ0n) is 32.5. The van der Waals surface area contributed by atoms with Gasteiger partial charge < -0.3 is 31.1 Å². The third-order valence-electron chi connectivity index (χ3n) is 8.86. The Morgan fingerprint density at radius 2 is 1.18 bits per heavy atom. The largest absolute Gasteiger partial charge is 0.484 e. The molecule has 11 heteroatoms. The van der Waals surface area contributed by atoms with Crippen LogP contribution in [0.4, 0.5) is 0 Å². The van der Waals surface area contributed by atoms with Crippen LogP contribution in [0.2, 0.25) is 0 Å². The Balaban J connectivity index is 0.000000369. The minimum absolute atomic E-state index is 0.00650. The second kappa shape index (κ2) is 22.6. The van der Waals surface area contributed by atoms with E-state index in [9.17, 15) is 29.1 Å². The maximum Gasteiger partial charge on any atom is 0.326 e. The predicted octanol–water partition coefficient (Wildman–Crippen LogP) is 5.37. The molecular formula is C46H50N4O7. The standard InChI is InChI=1S/C30H30N4O7.2C8H10/c35-26-16-31-28(37)18-41-23-12-8-20(9-13-23)15-25(30(39)40)34-27(36)17-32-29(38)24(33-26)14-19-6-10-22(11-7-19)21-4-2-1-3-5-21;1-7-3-5-8(2)6-4-7;1-2-8-6-4-3-5-7-8/h1-13,24-25H,14-18H2,(H,31,37)(H,32,38)(H,33,35)(H,34,36)(H,39,40);3-6H,1-2H3;3-7H,2H2,1H3/t24-,25+;;/m1../s1. The van der Waals surface area contributed by atoms with E-state index >= 15 is 0 Å². The molecule has 4 amide bonds. The van der Waals surface area contributed by atoms with Crippen molar-refractivity contribution in [2.75, 3.05) is 19.7 Å². The van der Waals surface area contributed by atoms with Crippen molar-refractivity contribution >= 4 is 29.6 Å². The summed E-state index contributed by atoms with van der Waals surface area (Å²) in [7, 11) is 0. The molecule has 5 aromatic carbocycles. The molecular weight excluding hydrogens is 721 g/mol. The summed E-state index contributed by atoms with van der Waals surface area (Å²) in [5.41, 5.74) is 7.44. The topological polar surface area (TPSA) is 163 Å². The van der Waals surface area contributed by atoms with Crippen molar-refractivity contribution in [3.8, 4) is 16.9 Å². The summed E-state index contributed by atoms with van der Waals surface area (Å²) in [4.78, 5) is 62.2. The first-order chi connectivity index (χ1) is 27.5. The molecule has 0 aliphatic carbocycles. The van der Waals surface area contributed by atoms with Crippen LogP contribution in [0.1, 0.15) is 34.7 Å². The number of amides is 4. The third-order valence-corrected chi connectivity index (χ3v) is 8.86. The van der Waals surface area contributed by atoms with Gasteiger partial charge in [0.25, 0.3) is 5.91 Å². The van der Waals surface area contributed by atoms with Crippen molar-refractivity contribution in [2.45, 2.75) is 52.1 Å². The number of ether oxygens (including phenoxy) is 1. The Morgan fingerprint density at radius 3 is 1.74 bits per heavy atom. The second-order valence-electron chi connectivity index (χ2n) is 13.5. The fourth-order valence-corrected chi connectivity index (χ4v) is 5.58. The summed E-state index contributed by atoms with van der Waals surface area (Å²) in [5, 5.41) is 19.5. The SMILES string of the molecule is CCc1ccccc1.Cc1ccc(C)cc1.O=C1COc2ccc(cc2)C[C@@H](C(=O)O)NC(=O)CNC(=O)[C@@H](Cc2ccc(-c3ccccc3)cc2)NC(=O)CN1. The number of benzene rings is 5. The average molecular weight is 771 g/mol. The minimum Gasteiger partial charge on any atom is -0.484 e. The molecule has 11 nitrogen and oxygen atoms in total. The smallest absolute Gasteiger partial charge is 0.326 e. The molecule has 5 aromatic rings. The van der Waals surface area contributed by atoms with Crippen molar-refractivity contribution in [3.05, 3.63) is 161 Å². The van der Waals surface area contributed by atoms with Gasteiger partial charge in [-0.05, 0) is 60.2 Å². The van der Waals surface area contributed by atoms with Crippen LogP contribution < -0.4 is 26.0 Å². The zero-order chi connectivity index (χ0) is 41.0. The molecule has 0 unspecified atom stereocenters. The summed E-state index contributed by atoms with van der Waals surface area (Å²) in [6.45, 7) is 5.12. The van der Waals surface area contributed by atoms with E-state index in [1.54, 1.807) is 24.3 Å². The van der Waals surface area contributed by atoms with E-state index in [0.717, 1.165) is 23.1 Å². The Morgan fingerprint density at radius 1 is 0.632 bits per heavy atom. The highest BCUT2D eigenvalue weighted by atomic mass is 16.5. The van der Waals surface area contributed by atoms with Gasteiger partial charge in [0, 0.05) is 12.8 Å². The molecule has 0 saturated heterocycles. The van der Waals surface area contributed by atoms with Crippen LogP contribution >= 0.6 is 0 Å². The first kappa shape index (κ1) is 43.0. The maximum atomic E-state index is 13.1. The van der Waals surface area contributed by atoms with Gasteiger partial charge in [-0.15, -0.1) is 0 Å². The fourth-order valence-electron chi connectivity index (χ4n) is 5.58. The maximum absolute atomic E-state index is 13.1. The third kappa shape index (κ3) is 15.5. The Hall–Kier alpha value is -6.75. The van der Waals surface area contributed by atoms with Crippen molar-refractivity contribution < 1.29 is 33.8 Å². The summed E-state index contributed by atoms with van der Waals surface area (Å²) in [6, 6.07) is 40.2. The number of carboxylic acid groups (broad SMARTS) is 1. The highest BCUT2D eigenvalue weighted by Crippen LogP contribution is 2.20. The van der Waals surface area contributed by atoms with Crippen molar-refractivity contribution in [1.29, 1.82) is 0 Å². The Bertz CT molecular complexity index is 2020. The van der Waals surface area contributed by atoms with E-state index in [4.69, 9.17) is 4.74 Å². The van der Waals surface area contributed by atoms with Crippen LogP contribution in [0.15, 0.2) is 133 Å². The molecule has 0 fully saturated rings. The molecule has 5 N–H and O–H groups in total. The van der Waals surface area contributed by atoms with E-state index in [-0.39, 0.29) is 19.4 Å². The van der Waals surface area contributed by atoms with Crippen LogP contribution in [0.5, 0.6) is 5.75 Å². The first-order valence-corrected chi connectivity index (χ1v) is 18.8. The average Bonchev–Trinajstić information content (AvgIpc) is 3.23. The summed E-state index contributed by atoms with van der Waals surface area (Å²) < 4.78 is 5.43. The van der Waals surface area contributed by atoms with E-state index in [2.05, 4.69) is 90.6 Å². The van der Waals surface area contributed by atoms with E-state index < -0.39 is 54.8 Å². The summed E-state index contributed by atoms with van der Waals surface area (Å²) in [6.07, 6.45) is 1.24. The zero-order valence-corrected chi connectivity index (χ0v) is 32.5. The lowest BCUT2D eigenvalue weighted by Gasteiger charge is -2.20. The van der Waals surface area contributed by atoms with E-state index in [1.807, 2.05) is 60.7 Å². The molecule has 0 radical (unpaired) electrons. The van der Waals surface area contributed by atoms with Gasteiger partial charge in [0.15, 0.2) is 6.61 Å². The number of rotatable bonds is 5. The Kier molecular flexibility index (Phi) is 17.0. The van der Waals surface area contributed by atoms with Crippen molar-refractivity contribution in [3.63, 3.8) is 0 Å². The number of carboxylic acids is 1. The van der Waals surface area contributed by atoms with Gasteiger partial charge in [-0.2, -0.15) is 0 Å². The lowest BCUT2D eigenvalue weighted by molar-refractivity contribution is -0.141. The van der Waals surface area contributed by atoms with Crippen molar-refractivity contribution in [1.82, 2.24) is 21.3 Å². The van der Waals surface area contributed by atoms with Gasteiger partial charge in [-0.25, -0.2) is 4.79 Å². The van der Waals surface area contributed by atoms with Gasteiger partial charge in [0.1, 0.15) is 17.8 Å². The van der Waals surface area contributed by atoms with Crippen LogP contribution in [0.3, 0.4) is 0 Å². The van der Waals surface area contributed by atoms with Gasteiger partial charge in [-0.1, -0.05) is 139 Å². The normalized spacial score (nSPS) is 16.1. The van der Waals surface area contributed by atoms with E-state index in [0.29, 0.717) is 11.3 Å². The van der Waals surface area contributed by atoms with Crippen LogP contribution in [-0.4, -0.2) is 66.5 Å². The molecule has 2 atom stereocenters. The number of aliphatic carboxylic acids is 1. The molecule has 2 heterocycles. The van der Waals surface area contributed by atoms with Crippen LogP contribution in [-0.2, 0) is 43.2 Å². The fraction of sp³-hybridized carbons (Fsp3) is 0.239. The number of hydrogen-bond acceptors (Lipinski definition) is 6. The molecule has 0 saturated carbocycles.